The molecule has 6 atom stereocenters. The fourth-order valence-electron chi connectivity index (χ4n) is 4.14. The molecule has 0 aliphatic carbocycles. The molecule has 1 unspecified atom stereocenters. The molecule has 2 aromatic heterocycles. The summed E-state index contributed by atoms with van der Waals surface area (Å²) in [7, 11) is -4.10. The number of nitrogens with one attached hydrogen (secondary N) is 1. The molecule has 1 aliphatic rings. The van der Waals surface area contributed by atoms with E-state index >= 15 is 0 Å². The van der Waals surface area contributed by atoms with Crippen LogP contribution in [0.25, 0.3) is 5.52 Å². The Morgan fingerprint density at radius 2 is 1.98 bits per heavy atom. The van der Waals surface area contributed by atoms with Crippen molar-refractivity contribution in [1.29, 1.82) is 0 Å². The van der Waals surface area contributed by atoms with Crippen molar-refractivity contribution in [3.05, 3.63) is 54.5 Å². The van der Waals surface area contributed by atoms with Gasteiger partial charge in [-0.3, -0.25) is 9.32 Å². The van der Waals surface area contributed by atoms with Gasteiger partial charge in [-0.1, -0.05) is 32.0 Å². The number of para-hydroxylation sites is 1. The predicted octanol–water partition coefficient (Wildman–Crippen LogP) is 1.18. The number of esters is 1. The Morgan fingerprint density at radius 1 is 1.25 bits per heavy atom. The highest BCUT2D eigenvalue weighted by molar-refractivity contribution is 7.52. The first-order valence-corrected chi connectivity index (χ1v) is 14.3. The molecule has 3 heterocycles. The topological polar surface area (TPSA) is 206 Å². The monoisotopic (exact) mass is 578 g/mol. The number of anilines is 1. The fourth-order valence-corrected chi connectivity index (χ4v) is 5.54. The number of hydrogen-bond acceptors (Lipinski definition) is 12. The smallest absolute Gasteiger partial charge is 0.458 e. The average Bonchev–Trinajstić information content (AvgIpc) is 3.46. The standard InChI is InChI=1S/C25H35N6O8P/c1-15(2)19(26)24(34)36-12-11-30-40(35,39-16-7-5-4-6-8-16)37-13-25(3)22(33)20(32)21(38-25)17-9-10-18-23(27)28-14-29-31(17)18/h4-10,14-15,19-22,32-33H,11-13,26H2,1-3H3,(H,30,35)(H2,27,28,29)/t19-,20-,21-,22-,25+,40?/m0/s1. The number of hydrogen-bond donors (Lipinski definition) is 5. The Balaban J connectivity index is 1.46. The molecule has 0 radical (unpaired) electrons. The van der Waals surface area contributed by atoms with Gasteiger partial charge in [0, 0.05) is 6.54 Å². The maximum atomic E-state index is 13.7. The molecular formula is C25H35N6O8P. The molecule has 14 nitrogen and oxygen atoms in total. The fraction of sp³-hybridized carbons (Fsp3) is 0.480. The highest BCUT2D eigenvalue weighted by atomic mass is 31.2. The third-order valence-electron chi connectivity index (χ3n) is 6.59. The summed E-state index contributed by atoms with van der Waals surface area (Å²) in [6.45, 7) is 4.45. The predicted molar refractivity (Wildman–Crippen MR) is 144 cm³/mol. The lowest BCUT2D eigenvalue weighted by atomic mass is 9.97. The van der Waals surface area contributed by atoms with Crippen LogP contribution in [-0.4, -0.2) is 74.4 Å². The van der Waals surface area contributed by atoms with E-state index in [9.17, 15) is 19.6 Å². The number of ether oxygens (including phenoxy) is 2. The van der Waals surface area contributed by atoms with E-state index in [4.69, 9.17) is 30.0 Å². The van der Waals surface area contributed by atoms with Crippen LogP contribution in [0.2, 0.25) is 0 Å². The number of nitrogens with zero attached hydrogens (tertiary/aromatic N) is 3. The van der Waals surface area contributed by atoms with E-state index in [1.54, 1.807) is 56.3 Å². The minimum atomic E-state index is -4.10. The van der Waals surface area contributed by atoms with E-state index in [1.807, 2.05) is 0 Å². The van der Waals surface area contributed by atoms with Crippen LogP contribution in [0, 0.1) is 5.92 Å². The molecule has 1 aliphatic heterocycles. The maximum absolute atomic E-state index is 13.7. The number of fused-ring (bicyclic) bond motifs is 1. The zero-order valence-corrected chi connectivity index (χ0v) is 23.3. The van der Waals surface area contributed by atoms with Crippen molar-refractivity contribution in [3.8, 4) is 5.75 Å². The highest BCUT2D eigenvalue weighted by Crippen LogP contribution is 2.48. The lowest BCUT2D eigenvalue weighted by molar-refractivity contribution is -0.146. The molecule has 3 aromatic rings. The van der Waals surface area contributed by atoms with Crippen LogP contribution < -0.4 is 21.1 Å². The summed E-state index contributed by atoms with van der Waals surface area (Å²) in [5.41, 5.74) is 11.1. The third kappa shape index (κ3) is 6.44. The van der Waals surface area contributed by atoms with Crippen molar-refractivity contribution in [1.82, 2.24) is 19.7 Å². The van der Waals surface area contributed by atoms with Crippen molar-refractivity contribution < 1.29 is 38.1 Å². The Hall–Kier alpha value is -3.10. The number of nitrogens with two attached hydrogens (primary N) is 2. The van der Waals surface area contributed by atoms with Crippen LogP contribution in [0.3, 0.4) is 0 Å². The molecule has 0 saturated carbocycles. The van der Waals surface area contributed by atoms with Crippen molar-refractivity contribution in [2.75, 3.05) is 25.5 Å². The van der Waals surface area contributed by atoms with Crippen LogP contribution in [-0.2, 0) is 23.4 Å². The molecule has 1 saturated heterocycles. The molecule has 1 fully saturated rings. The Bertz CT molecular complexity index is 1360. The molecule has 1 aromatic carbocycles. The molecule has 15 heteroatoms. The molecule has 0 bridgehead atoms. The van der Waals surface area contributed by atoms with E-state index in [1.165, 1.54) is 17.8 Å². The zero-order chi connectivity index (χ0) is 29.1. The summed E-state index contributed by atoms with van der Waals surface area (Å²) in [6.07, 6.45) is -2.53. The van der Waals surface area contributed by atoms with Crippen LogP contribution in [0.15, 0.2) is 48.8 Å². The SMILES string of the molecule is CC(C)[C@H](N)C(=O)OCCNP(=O)(OC[C@@]1(C)O[C@@H](c2ccc3c(N)ncnn23)[C@H](O)[C@@H]1O)Oc1ccccc1. The van der Waals surface area contributed by atoms with Gasteiger partial charge in [0.25, 0.3) is 0 Å². The first-order valence-electron chi connectivity index (χ1n) is 12.7. The summed E-state index contributed by atoms with van der Waals surface area (Å²) in [4.78, 5) is 16.0. The van der Waals surface area contributed by atoms with E-state index in [0.717, 1.165) is 0 Å². The van der Waals surface area contributed by atoms with Gasteiger partial charge in [0.2, 0.25) is 0 Å². The van der Waals surface area contributed by atoms with E-state index in [-0.39, 0.29) is 30.6 Å². The highest BCUT2D eigenvalue weighted by Gasteiger charge is 2.53. The second-order valence-electron chi connectivity index (χ2n) is 10.0. The summed E-state index contributed by atoms with van der Waals surface area (Å²) in [6, 6.07) is 10.9. The number of carbonyl (C=O) groups is 1. The van der Waals surface area contributed by atoms with Crippen LogP contribution in [0.5, 0.6) is 5.75 Å². The van der Waals surface area contributed by atoms with Crippen molar-refractivity contribution in [2.45, 2.75) is 50.7 Å². The van der Waals surface area contributed by atoms with E-state index < -0.39 is 50.3 Å². The second kappa shape index (κ2) is 12.2. The van der Waals surface area contributed by atoms with E-state index in [2.05, 4.69) is 15.2 Å². The number of carbonyl (C=O) groups excluding carboxylic acids is 1. The summed E-state index contributed by atoms with van der Waals surface area (Å²) in [5, 5.41) is 28.6. The first-order chi connectivity index (χ1) is 18.9. The maximum Gasteiger partial charge on any atom is 0.458 e. The lowest BCUT2D eigenvalue weighted by Crippen LogP contribution is -2.44. The summed E-state index contributed by atoms with van der Waals surface area (Å²) < 4.78 is 37.8. The molecule has 7 N–H and O–H groups in total. The average molecular weight is 579 g/mol. The van der Waals surface area contributed by atoms with Gasteiger partial charge in [-0.2, -0.15) is 5.10 Å². The molecule has 0 spiro atoms. The van der Waals surface area contributed by atoms with Gasteiger partial charge in [0.1, 0.15) is 54.2 Å². The van der Waals surface area contributed by atoms with Crippen LogP contribution >= 0.6 is 7.75 Å². The number of aromatic nitrogens is 3. The largest absolute Gasteiger partial charge is 0.463 e. The summed E-state index contributed by atoms with van der Waals surface area (Å²) >= 11 is 0. The van der Waals surface area contributed by atoms with Crippen LogP contribution in [0.4, 0.5) is 5.82 Å². The molecular weight excluding hydrogens is 543 g/mol. The Labute approximate surface area is 231 Å². The van der Waals surface area contributed by atoms with Crippen molar-refractivity contribution >= 4 is 25.1 Å². The van der Waals surface area contributed by atoms with Gasteiger partial charge in [0.05, 0.1) is 12.3 Å². The van der Waals surface area contributed by atoms with Gasteiger partial charge in [-0.15, -0.1) is 0 Å². The minimum absolute atomic E-state index is 0.0800. The van der Waals surface area contributed by atoms with Gasteiger partial charge >= 0.3 is 13.7 Å². The first kappa shape index (κ1) is 29.9. The molecule has 4 rings (SSSR count). The number of nitrogen functional groups attached to an aromatic ring is 1. The zero-order valence-electron chi connectivity index (χ0n) is 22.4. The molecule has 218 valence electrons. The quantitative estimate of drug-likeness (QED) is 0.116. The Morgan fingerprint density at radius 3 is 2.67 bits per heavy atom. The minimum Gasteiger partial charge on any atom is -0.463 e. The van der Waals surface area contributed by atoms with Gasteiger partial charge in [-0.05, 0) is 37.1 Å². The summed E-state index contributed by atoms with van der Waals surface area (Å²) in [5.74, 6) is -0.201. The molecule has 40 heavy (non-hydrogen) atoms. The van der Waals surface area contributed by atoms with E-state index in [0.29, 0.717) is 11.2 Å². The normalized spacial score (nSPS) is 25.1. The Kier molecular flexibility index (Phi) is 9.10. The number of benzene rings is 1. The number of rotatable bonds is 12. The number of aliphatic hydroxyl groups excluding tert-OH is 2. The molecule has 0 amide bonds. The van der Waals surface area contributed by atoms with Crippen molar-refractivity contribution in [3.63, 3.8) is 0 Å². The van der Waals surface area contributed by atoms with Crippen molar-refractivity contribution in [2.24, 2.45) is 11.7 Å². The van der Waals surface area contributed by atoms with Gasteiger partial charge < -0.3 is 35.7 Å². The second-order valence-corrected chi connectivity index (χ2v) is 11.8. The van der Waals surface area contributed by atoms with Crippen LogP contribution in [0.1, 0.15) is 32.6 Å². The number of aliphatic hydroxyl groups is 2. The lowest BCUT2D eigenvalue weighted by Gasteiger charge is -2.29. The van der Waals surface area contributed by atoms with Gasteiger partial charge in [0.15, 0.2) is 5.82 Å². The third-order valence-corrected chi connectivity index (χ3v) is 8.12. The van der Waals surface area contributed by atoms with Gasteiger partial charge in [-0.25, -0.2) is 19.2 Å².